The lowest BCUT2D eigenvalue weighted by Gasteiger charge is -2.04. The van der Waals surface area contributed by atoms with Crippen molar-refractivity contribution in [1.82, 2.24) is 14.5 Å². The molecular formula is C23H19N3O3. The number of aromatic nitrogens is 2. The number of amides is 2. The van der Waals surface area contributed by atoms with Crippen molar-refractivity contribution in [2.45, 2.75) is 0 Å². The number of hydrogen-bond acceptors (Lipinski definition) is 3. The van der Waals surface area contributed by atoms with Crippen LogP contribution >= 0.6 is 0 Å². The predicted molar refractivity (Wildman–Crippen MR) is 112 cm³/mol. The summed E-state index contributed by atoms with van der Waals surface area (Å²) >= 11 is 0. The molecule has 0 bridgehead atoms. The molecule has 2 amide bonds. The fourth-order valence-corrected chi connectivity index (χ4v) is 4.20. The number of hydrogen-bond donors (Lipinski definition) is 1. The van der Waals surface area contributed by atoms with Crippen molar-refractivity contribution >= 4 is 44.8 Å². The van der Waals surface area contributed by atoms with Crippen LogP contribution in [0.4, 0.5) is 0 Å². The Kier molecular flexibility index (Phi) is 3.64. The van der Waals surface area contributed by atoms with Crippen LogP contribution in [0.5, 0.6) is 5.75 Å². The highest BCUT2D eigenvalue weighted by Gasteiger charge is 2.35. The van der Waals surface area contributed by atoms with Crippen LogP contribution in [0.2, 0.25) is 0 Å². The van der Waals surface area contributed by atoms with E-state index < -0.39 is 0 Å². The second-order valence-corrected chi connectivity index (χ2v) is 7.24. The lowest BCUT2D eigenvalue weighted by Crippen LogP contribution is -2.22. The monoisotopic (exact) mass is 385 g/mol. The van der Waals surface area contributed by atoms with Crippen molar-refractivity contribution in [3.63, 3.8) is 0 Å². The summed E-state index contributed by atoms with van der Waals surface area (Å²) < 4.78 is 9.24. The zero-order chi connectivity index (χ0) is 20.3. The molecule has 3 heterocycles. The number of rotatable bonds is 3. The van der Waals surface area contributed by atoms with Gasteiger partial charge >= 0.3 is 0 Å². The molecule has 0 spiro atoms. The van der Waals surface area contributed by atoms with Gasteiger partial charge in [-0.05, 0) is 18.2 Å². The molecule has 1 N–H and O–H groups in total. The van der Waals surface area contributed by atoms with Gasteiger partial charge in [-0.3, -0.25) is 14.9 Å². The minimum Gasteiger partial charge on any atom is -0.497 e. The number of carbonyl (C=O) groups excluding carboxylic acids is 2. The third kappa shape index (κ3) is 2.42. The number of aryl methyl sites for hydroxylation is 2. The second-order valence-electron chi connectivity index (χ2n) is 7.24. The molecule has 0 saturated carbocycles. The summed E-state index contributed by atoms with van der Waals surface area (Å²) in [6.07, 6.45) is 3.80. The molecule has 4 aromatic rings. The van der Waals surface area contributed by atoms with Gasteiger partial charge in [0.2, 0.25) is 0 Å². The van der Waals surface area contributed by atoms with Gasteiger partial charge in [0.1, 0.15) is 5.75 Å². The van der Waals surface area contributed by atoms with E-state index in [1.807, 2.05) is 78.1 Å². The maximum atomic E-state index is 12.9. The van der Waals surface area contributed by atoms with Crippen LogP contribution in [0.15, 0.2) is 54.9 Å². The Morgan fingerprint density at radius 2 is 1.38 bits per heavy atom. The van der Waals surface area contributed by atoms with E-state index >= 15 is 0 Å². The first-order chi connectivity index (χ1) is 14.0. The first-order valence-electron chi connectivity index (χ1n) is 9.27. The highest BCUT2D eigenvalue weighted by Crippen LogP contribution is 2.39. The standard InChI is InChI=1S/C23H19N3O3/c1-25-11-16(14-6-4-5-7-18(14)25)20-21(23(28)24-22(20)27)17-12-26(2)19-10-13(29-3)8-9-15(17)19/h4-12H,1-3H3,(H,24,27,28). The summed E-state index contributed by atoms with van der Waals surface area (Å²) in [6.45, 7) is 0. The van der Waals surface area contributed by atoms with E-state index in [0.29, 0.717) is 11.1 Å². The fraction of sp³-hybridized carbons (Fsp3) is 0.130. The molecule has 6 nitrogen and oxygen atoms in total. The average molecular weight is 385 g/mol. The summed E-state index contributed by atoms with van der Waals surface area (Å²) in [4.78, 5) is 25.7. The number of imide groups is 1. The zero-order valence-corrected chi connectivity index (χ0v) is 16.3. The smallest absolute Gasteiger partial charge is 0.259 e. The number of carbonyl (C=O) groups is 2. The van der Waals surface area contributed by atoms with Crippen molar-refractivity contribution in [2.24, 2.45) is 14.1 Å². The summed E-state index contributed by atoms with van der Waals surface area (Å²) in [5.74, 6) is -0.00595. The van der Waals surface area contributed by atoms with E-state index in [2.05, 4.69) is 5.32 Å². The lowest BCUT2D eigenvalue weighted by molar-refractivity contribution is -0.122. The Balaban J connectivity index is 1.84. The van der Waals surface area contributed by atoms with Crippen LogP contribution in [0.1, 0.15) is 11.1 Å². The molecule has 2 aromatic carbocycles. The van der Waals surface area contributed by atoms with Gasteiger partial charge in [-0.1, -0.05) is 18.2 Å². The SMILES string of the molecule is COc1ccc2c(C3=C(c4cn(C)c5ccccc45)C(=O)NC3=O)cn(C)c2c1. The number of methoxy groups -OCH3 is 1. The van der Waals surface area contributed by atoms with Crippen LogP contribution in [0.3, 0.4) is 0 Å². The minimum atomic E-state index is -0.374. The van der Waals surface area contributed by atoms with Crippen LogP contribution < -0.4 is 10.1 Å². The van der Waals surface area contributed by atoms with Gasteiger partial charge in [-0.2, -0.15) is 0 Å². The minimum absolute atomic E-state index is 0.369. The Bertz CT molecular complexity index is 1370. The van der Waals surface area contributed by atoms with Crippen molar-refractivity contribution in [3.05, 3.63) is 66.0 Å². The summed E-state index contributed by atoms with van der Waals surface area (Å²) in [6, 6.07) is 13.6. The molecule has 1 aliphatic rings. The largest absolute Gasteiger partial charge is 0.497 e. The van der Waals surface area contributed by atoms with Crippen LogP contribution in [0.25, 0.3) is 33.0 Å². The van der Waals surface area contributed by atoms with Gasteiger partial charge in [0.25, 0.3) is 11.8 Å². The van der Waals surface area contributed by atoms with Crippen LogP contribution in [-0.2, 0) is 23.7 Å². The van der Waals surface area contributed by atoms with Gasteiger partial charge in [0.15, 0.2) is 0 Å². The number of nitrogens with one attached hydrogen (secondary N) is 1. The van der Waals surface area contributed by atoms with Crippen LogP contribution in [-0.4, -0.2) is 28.1 Å². The maximum Gasteiger partial charge on any atom is 0.259 e. The molecule has 6 heteroatoms. The van der Waals surface area contributed by atoms with E-state index in [1.54, 1.807) is 7.11 Å². The quantitative estimate of drug-likeness (QED) is 0.551. The second kappa shape index (κ2) is 6.10. The molecule has 0 fully saturated rings. The molecule has 0 unspecified atom stereocenters. The molecule has 29 heavy (non-hydrogen) atoms. The molecule has 1 aliphatic heterocycles. The first kappa shape index (κ1) is 17.3. The van der Waals surface area contributed by atoms with Crippen LogP contribution in [0, 0.1) is 0 Å². The summed E-state index contributed by atoms with van der Waals surface area (Å²) in [5, 5.41) is 4.32. The van der Waals surface area contributed by atoms with Crippen molar-refractivity contribution in [3.8, 4) is 5.75 Å². The maximum absolute atomic E-state index is 12.9. The van der Waals surface area contributed by atoms with Crippen molar-refractivity contribution < 1.29 is 14.3 Å². The zero-order valence-electron chi connectivity index (χ0n) is 16.3. The third-order valence-corrected chi connectivity index (χ3v) is 5.56. The van der Waals surface area contributed by atoms with Crippen molar-refractivity contribution in [2.75, 3.05) is 7.11 Å². The topological polar surface area (TPSA) is 65.3 Å². The number of benzene rings is 2. The first-order valence-corrected chi connectivity index (χ1v) is 9.27. The van der Waals surface area contributed by atoms with E-state index in [9.17, 15) is 9.59 Å². The van der Waals surface area contributed by atoms with E-state index in [1.165, 1.54) is 0 Å². The van der Waals surface area contributed by atoms with E-state index in [0.717, 1.165) is 38.7 Å². The molecule has 0 saturated heterocycles. The number of ether oxygens (including phenoxy) is 1. The summed E-state index contributed by atoms with van der Waals surface area (Å²) in [7, 11) is 5.47. The Labute approximate surface area is 167 Å². The highest BCUT2D eigenvalue weighted by atomic mass is 16.5. The van der Waals surface area contributed by atoms with E-state index in [-0.39, 0.29) is 11.8 Å². The van der Waals surface area contributed by atoms with Gasteiger partial charge < -0.3 is 13.9 Å². The van der Waals surface area contributed by atoms with Crippen molar-refractivity contribution in [1.29, 1.82) is 0 Å². The predicted octanol–water partition coefficient (Wildman–Crippen LogP) is 3.25. The molecule has 0 radical (unpaired) electrons. The lowest BCUT2D eigenvalue weighted by atomic mass is 9.95. The molecule has 5 rings (SSSR count). The molecule has 0 atom stereocenters. The molecule has 144 valence electrons. The number of para-hydroxylation sites is 1. The molecule has 2 aromatic heterocycles. The summed E-state index contributed by atoms with van der Waals surface area (Å²) in [5.41, 5.74) is 4.24. The van der Waals surface area contributed by atoms with Gasteiger partial charge in [0, 0.05) is 60.0 Å². The van der Waals surface area contributed by atoms with Gasteiger partial charge in [-0.15, -0.1) is 0 Å². The fourth-order valence-electron chi connectivity index (χ4n) is 4.20. The highest BCUT2D eigenvalue weighted by molar-refractivity contribution is 6.50. The van der Waals surface area contributed by atoms with Gasteiger partial charge in [0.05, 0.1) is 23.8 Å². The Morgan fingerprint density at radius 1 is 0.793 bits per heavy atom. The van der Waals surface area contributed by atoms with Gasteiger partial charge in [-0.25, -0.2) is 0 Å². The average Bonchev–Trinajstić information content (AvgIpc) is 3.32. The number of fused-ring (bicyclic) bond motifs is 2. The Morgan fingerprint density at radius 3 is 2.03 bits per heavy atom. The van der Waals surface area contributed by atoms with E-state index in [4.69, 9.17) is 4.74 Å². The normalized spacial score (nSPS) is 14.3. The molecular weight excluding hydrogens is 366 g/mol. The number of nitrogens with zero attached hydrogens (tertiary/aromatic N) is 2. The third-order valence-electron chi connectivity index (χ3n) is 5.56. The molecule has 0 aliphatic carbocycles. The Hall–Kier alpha value is -3.80.